The Bertz CT molecular complexity index is 292. The number of aromatic nitrogens is 2. The molecule has 0 saturated carbocycles. The molecule has 1 aliphatic heterocycles. The van der Waals surface area contributed by atoms with Crippen molar-refractivity contribution >= 4 is 0 Å². The van der Waals surface area contributed by atoms with Crippen LogP contribution in [0.3, 0.4) is 0 Å². The van der Waals surface area contributed by atoms with Gasteiger partial charge in [-0.1, -0.05) is 0 Å². The zero-order valence-corrected chi connectivity index (χ0v) is 8.27. The molecule has 5 nitrogen and oxygen atoms in total. The number of hydrogen-bond acceptors (Lipinski definition) is 5. The van der Waals surface area contributed by atoms with Crippen molar-refractivity contribution in [1.82, 2.24) is 10.2 Å². The van der Waals surface area contributed by atoms with Gasteiger partial charge in [-0.15, -0.1) is 10.2 Å². The predicted octanol–water partition coefficient (Wildman–Crippen LogP) is 1.33. The van der Waals surface area contributed by atoms with Crippen molar-refractivity contribution in [2.75, 3.05) is 6.61 Å². The zero-order chi connectivity index (χ0) is 9.97. The Morgan fingerprint density at radius 2 is 2.29 bits per heavy atom. The summed E-state index contributed by atoms with van der Waals surface area (Å²) in [6.07, 6.45) is 3.20. The number of ether oxygens (including phenoxy) is 1. The Morgan fingerprint density at radius 3 is 2.86 bits per heavy atom. The van der Waals surface area contributed by atoms with Crippen LogP contribution >= 0.6 is 0 Å². The van der Waals surface area contributed by atoms with Crippen molar-refractivity contribution in [3.63, 3.8) is 0 Å². The Labute approximate surface area is 82.6 Å². The molecule has 0 amide bonds. The third-order valence-corrected chi connectivity index (χ3v) is 2.30. The molecule has 1 fully saturated rings. The summed E-state index contributed by atoms with van der Waals surface area (Å²) in [4.78, 5) is 0. The minimum absolute atomic E-state index is 0.0243. The minimum Gasteiger partial charge on any atom is -0.421 e. The smallest absolute Gasteiger partial charge is 0.245 e. The monoisotopic (exact) mass is 197 g/mol. The van der Waals surface area contributed by atoms with Gasteiger partial charge in [0.1, 0.15) is 6.10 Å². The van der Waals surface area contributed by atoms with Crippen LogP contribution in [-0.2, 0) is 4.74 Å². The molecule has 2 atom stereocenters. The summed E-state index contributed by atoms with van der Waals surface area (Å²) >= 11 is 0. The summed E-state index contributed by atoms with van der Waals surface area (Å²) < 4.78 is 10.9. The summed E-state index contributed by atoms with van der Waals surface area (Å²) in [6, 6.07) is -0.208. The molecule has 0 radical (unpaired) electrons. The quantitative estimate of drug-likeness (QED) is 0.774. The van der Waals surface area contributed by atoms with Crippen LogP contribution in [-0.4, -0.2) is 16.8 Å². The first-order valence-electron chi connectivity index (χ1n) is 4.98. The van der Waals surface area contributed by atoms with Gasteiger partial charge in [0.25, 0.3) is 0 Å². The second-order valence-corrected chi connectivity index (χ2v) is 3.62. The second kappa shape index (κ2) is 4.06. The van der Waals surface area contributed by atoms with Gasteiger partial charge in [0.15, 0.2) is 0 Å². The lowest BCUT2D eigenvalue weighted by molar-refractivity contribution is -0.00224. The predicted molar refractivity (Wildman–Crippen MR) is 49.4 cm³/mol. The van der Waals surface area contributed by atoms with Gasteiger partial charge in [-0.25, -0.2) is 0 Å². The molecule has 0 bridgehead atoms. The van der Waals surface area contributed by atoms with Crippen molar-refractivity contribution in [1.29, 1.82) is 0 Å². The fraction of sp³-hybridized carbons (Fsp3) is 0.778. The summed E-state index contributed by atoms with van der Waals surface area (Å²) in [6.45, 7) is 2.60. The van der Waals surface area contributed by atoms with Crippen LogP contribution < -0.4 is 5.73 Å². The highest BCUT2D eigenvalue weighted by Crippen LogP contribution is 2.27. The molecule has 78 valence electrons. The highest BCUT2D eigenvalue weighted by atomic mass is 16.5. The lowest BCUT2D eigenvalue weighted by Gasteiger charge is -2.18. The van der Waals surface area contributed by atoms with Crippen LogP contribution in [0.1, 0.15) is 50.1 Å². The normalized spacial score (nSPS) is 24.9. The maximum Gasteiger partial charge on any atom is 0.245 e. The van der Waals surface area contributed by atoms with Crippen LogP contribution in [0.25, 0.3) is 0 Å². The first-order valence-corrected chi connectivity index (χ1v) is 4.98. The van der Waals surface area contributed by atoms with Crippen LogP contribution in [0, 0.1) is 0 Å². The standard InChI is InChI=1S/C9H15N3O2/c1-6(10)8-11-12-9(14-8)7-4-2-3-5-13-7/h6-7H,2-5,10H2,1H3. The molecule has 1 aromatic rings. The molecule has 1 aliphatic rings. The van der Waals surface area contributed by atoms with E-state index in [0.29, 0.717) is 11.8 Å². The van der Waals surface area contributed by atoms with E-state index in [4.69, 9.17) is 14.9 Å². The molecule has 5 heteroatoms. The SMILES string of the molecule is CC(N)c1nnc(C2CCCCO2)o1. The molecule has 0 aliphatic carbocycles. The molecule has 2 unspecified atom stereocenters. The molecule has 14 heavy (non-hydrogen) atoms. The minimum atomic E-state index is -0.208. The van der Waals surface area contributed by atoms with Crippen molar-refractivity contribution in [2.45, 2.75) is 38.3 Å². The molecule has 2 rings (SSSR count). The van der Waals surface area contributed by atoms with Crippen molar-refractivity contribution < 1.29 is 9.15 Å². The molecule has 2 heterocycles. The largest absolute Gasteiger partial charge is 0.421 e. The van der Waals surface area contributed by atoms with Gasteiger partial charge in [0.2, 0.25) is 11.8 Å². The van der Waals surface area contributed by atoms with Crippen LogP contribution in [0.5, 0.6) is 0 Å². The van der Waals surface area contributed by atoms with E-state index in [1.807, 2.05) is 6.92 Å². The fourth-order valence-electron chi connectivity index (χ4n) is 1.50. The number of rotatable bonds is 2. The fourth-order valence-corrected chi connectivity index (χ4v) is 1.50. The summed E-state index contributed by atoms with van der Waals surface area (Å²) in [5, 5.41) is 7.81. The Balaban J connectivity index is 2.07. The van der Waals surface area contributed by atoms with Gasteiger partial charge >= 0.3 is 0 Å². The van der Waals surface area contributed by atoms with Crippen molar-refractivity contribution in [2.24, 2.45) is 5.73 Å². The molecule has 2 N–H and O–H groups in total. The molecular formula is C9H15N3O2. The van der Waals surface area contributed by atoms with Gasteiger partial charge in [-0.05, 0) is 26.2 Å². The average molecular weight is 197 g/mol. The van der Waals surface area contributed by atoms with Gasteiger partial charge < -0.3 is 14.9 Å². The second-order valence-electron chi connectivity index (χ2n) is 3.62. The third kappa shape index (κ3) is 1.93. The molecule has 0 spiro atoms. The topological polar surface area (TPSA) is 74.2 Å². The van der Waals surface area contributed by atoms with E-state index in [0.717, 1.165) is 25.9 Å². The van der Waals surface area contributed by atoms with E-state index in [2.05, 4.69) is 10.2 Å². The highest BCUT2D eigenvalue weighted by molar-refractivity contribution is 4.90. The van der Waals surface area contributed by atoms with Gasteiger partial charge in [-0.3, -0.25) is 0 Å². The summed E-state index contributed by atoms with van der Waals surface area (Å²) in [5.41, 5.74) is 5.62. The van der Waals surface area contributed by atoms with Crippen molar-refractivity contribution in [3.8, 4) is 0 Å². The van der Waals surface area contributed by atoms with Gasteiger partial charge in [-0.2, -0.15) is 0 Å². The first-order chi connectivity index (χ1) is 6.77. The summed E-state index contributed by atoms with van der Waals surface area (Å²) in [7, 11) is 0. The van der Waals surface area contributed by atoms with Crippen LogP contribution in [0.2, 0.25) is 0 Å². The van der Waals surface area contributed by atoms with Crippen LogP contribution in [0.4, 0.5) is 0 Å². The number of nitrogens with zero attached hydrogens (tertiary/aromatic N) is 2. The van der Waals surface area contributed by atoms with Crippen LogP contribution in [0.15, 0.2) is 4.42 Å². The summed E-state index contributed by atoms with van der Waals surface area (Å²) in [5.74, 6) is 1.05. The lowest BCUT2D eigenvalue weighted by Crippen LogP contribution is -2.11. The van der Waals surface area contributed by atoms with E-state index in [1.165, 1.54) is 0 Å². The lowest BCUT2D eigenvalue weighted by atomic mass is 10.1. The van der Waals surface area contributed by atoms with E-state index in [9.17, 15) is 0 Å². The maximum atomic E-state index is 5.62. The molecule has 1 aromatic heterocycles. The van der Waals surface area contributed by atoms with Gasteiger partial charge in [0.05, 0.1) is 6.04 Å². The Kier molecular flexibility index (Phi) is 2.79. The van der Waals surface area contributed by atoms with Gasteiger partial charge in [0, 0.05) is 6.61 Å². The Hall–Kier alpha value is -0.940. The zero-order valence-electron chi connectivity index (χ0n) is 8.27. The molecular weight excluding hydrogens is 182 g/mol. The molecule has 1 saturated heterocycles. The maximum absolute atomic E-state index is 5.62. The van der Waals surface area contributed by atoms with E-state index < -0.39 is 0 Å². The third-order valence-electron chi connectivity index (χ3n) is 2.30. The Morgan fingerprint density at radius 1 is 1.43 bits per heavy atom. The first kappa shape index (κ1) is 9.61. The van der Waals surface area contributed by atoms with Crippen molar-refractivity contribution in [3.05, 3.63) is 11.8 Å². The average Bonchev–Trinajstić information content (AvgIpc) is 2.68. The van der Waals surface area contributed by atoms with E-state index in [1.54, 1.807) is 0 Å². The van der Waals surface area contributed by atoms with E-state index in [-0.39, 0.29) is 12.1 Å². The van der Waals surface area contributed by atoms with E-state index >= 15 is 0 Å². The molecule has 0 aromatic carbocycles. The number of hydrogen-bond donors (Lipinski definition) is 1. The number of nitrogens with two attached hydrogens (primary N) is 1. The highest BCUT2D eigenvalue weighted by Gasteiger charge is 2.22.